The molecule has 0 fully saturated rings. The van der Waals surface area contributed by atoms with Crippen molar-refractivity contribution >= 4 is 39.8 Å². The quantitative estimate of drug-likeness (QED) is 0.761. The van der Waals surface area contributed by atoms with Gasteiger partial charge in [0.25, 0.3) is 0 Å². The van der Waals surface area contributed by atoms with Gasteiger partial charge in [0.15, 0.2) is 0 Å². The molecule has 1 heterocycles. The van der Waals surface area contributed by atoms with Crippen LogP contribution in [0.1, 0.15) is 25.3 Å². The van der Waals surface area contributed by atoms with E-state index in [0.29, 0.717) is 19.0 Å². The summed E-state index contributed by atoms with van der Waals surface area (Å²) in [5.74, 6) is 1.72. The molecule has 0 amide bonds. The molecule has 2 rings (SSSR count). The zero-order chi connectivity index (χ0) is 10.1. The maximum absolute atomic E-state index is 5.39. The van der Waals surface area contributed by atoms with Gasteiger partial charge in [-0.05, 0) is 0 Å². The topological polar surface area (TPSA) is 9.23 Å². The predicted molar refractivity (Wildman–Crippen MR) is 64.1 cm³/mol. The van der Waals surface area contributed by atoms with Crippen molar-refractivity contribution in [2.24, 2.45) is 0 Å². The Morgan fingerprint density at radius 1 is 1.36 bits per heavy atom. The van der Waals surface area contributed by atoms with Crippen LogP contribution in [0.25, 0.3) is 0 Å². The van der Waals surface area contributed by atoms with Crippen LogP contribution in [-0.2, 0) is 0 Å². The Bertz CT molecular complexity index is 352. The Labute approximate surface area is 99.3 Å². The third-order valence-corrected chi connectivity index (χ3v) is 12.6. The molecule has 0 bridgehead atoms. The van der Waals surface area contributed by atoms with Gasteiger partial charge in [0.1, 0.15) is 0 Å². The van der Waals surface area contributed by atoms with Crippen molar-refractivity contribution in [2.45, 2.75) is 24.7 Å². The number of fused-ring (bicyclic) bond motifs is 1. The Balaban J connectivity index is 2.53. The molecule has 0 saturated carbocycles. The summed E-state index contributed by atoms with van der Waals surface area (Å²) in [6.45, 7) is 4.54. The van der Waals surface area contributed by atoms with Crippen LogP contribution in [-0.4, -0.2) is 32.3 Å². The fourth-order valence-electron chi connectivity index (χ4n) is 1.43. The molecule has 0 spiro atoms. The first kappa shape index (κ1) is 10.9. The summed E-state index contributed by atoms with van der Waals surface area (Å²) in [6, 6.07) is 4.37. The van der Waals surface area contributed by atoms with Crippen molar-refractivity contribution in [3.63, 3.8) is 0 Å². The fraction of sp³-hybridized carbons (Fsp3) is 0.400. The molecule has 4 heteroatoms. The van der Waals surface area contributed by atoms with Crippen LogP contribution < -0.4 is 9.20 Å². The molecule has 1 aromatic carbocycles. The summed E-state index contributed by atoms with van der Waals surface area (Å²) in [7, 11) is 3.78. The predicted octanol–water partition coefficient (Wildman–Crippen LogP) is 1.79. The average Bonchev–Trinajstić information content (AvgIpc) is 2.64. The van der Waals surface area contributed by atoms with Crippen LogP contribution >= 0.6 is 10.2 Å². The summed E-state index contributed by atoms with van der Waals surface area (Å²) in [6.07, 6.45) is 0. The molecule has 14 heavy (non-hydrogen) atoms. The Morgan fingerprint density at radius 3 is 2.79 bits per heavy atom. The third-order valence-electron chi connectivity index (χ3n) is 2.18. The van der Waals surface area contributed by atoms with Crippen LogP contribution in [0.4, 0.5) is 0 Å². The molecular weight excluding hydrogens is 326 g/mol. The molecule has 0 unspecified atom stereocenters. The molecule has 0 saturated heterocycles. The molecule has 0 N–H and O–H groups in total. The van der Waals surface area contributed by atoms with Crippen molar-refractivity contribution in [1.29, 1.82) is 0 Å². The molecule has 0 aliphatic carbocycles. The summed E-state index contributed by atoms with van der Waals surface area (Å²) < 4.78 is 7.00. The third kappa shape index (κ3) is 1.87. The van der Waals surface area contributed by atoms with E-state index >= 15 is 0 Å². The molecule has 76 valence electrons. The van der Waals surface area contributed by atoms with Gasteiger partial charge >= 0.3 is 99.7 Å². The van der Waals surface area contributed by atoms with Crippen LogP contribution in [0.3, 0.4) is 0 Å². The maximum atomic E-state index is 5.39. The van der Waals surface area contributed by atoms with E-state index < -0.39 is 0 Å². The number of methoxy groups -OCH3 is 1. The molecule has 0 radical (unpaired) electrons. The fourth-order valence-corrected chi connectivity index (χ4v) is 14.8. The van der Waals surface area contributed by atoms with Crippen molar-refractivity contribution in [1.82, 2.24) is 0 Å². The van der Waals surface area contributed by atoms with Crippen molar-refractivity contribution in [3.8, 4) is 5.75 Å². The van der Waals surface area contributed by atoms with Crippen LogP contribution in [0, 0.1) is 0 Å². The van der Waals surface area contributed by atoms with Gasteiger partial charge < -0.3 is 0 Å². The van der Waals surface area contributed by atoms with Gasteiger partial charge in [-0.1, -0.05) is 0 Å². The molecule has 1 nitrogen and oxygen atoms in total. The number of ether oxygens (including phenoxy) is 1. The van der Waals surface area contributed by atoms with Gasteiger partial charge in [0.2, 0.25) is 0 Å². The first-order valence-corrected chi connectivity index (χ1v) is 12.5. The standard InChI is InChI=1S/C10H12OSSe2/c1-6(2)7-4-5-8(11-3)9-10(7)13-14-12-9/h4-6H,1-3H3. The molecular formula is C10H12OSSe2. The molecule has 0 atom stereocenters. The zero-order valence-corrected chi connectivity index (χ0v) is 12.6. The summed E-state index contributed by atoms with van der Waals surface area (Å²) >= 11 is 1.45. The van der Waals surface area contributed by atoms with E-state index in [2.05, 4.69) is 26.0 Å². The van der Waals surface area contributed by atoms with E-state index in [1.165, 1.54) is 10.5 Å². The van der Waals surface area contributed by atoms with Crippen molar-refractivity contribution < 1.29 is 4.74 Å². The minimum atomic E-state index is 0.644. The Hall–Kier alpha value is 0.409. The van der Waals surface area contributed by atoms with Crippen molar-refractivity contribution in [2.75, 3.05) is 7.11 Å². The van der Waals surface area contributed by atoms with Gasteiger partial charge in [0.05, 0.1) is 0 Å². The van der Waals surface area contributed by atoms with E-state index in [-0.39, 0.29) is 0 Å². The summed E-state index contributed by atoms with van der Waals surface area (Å²) in [5, 5.41) is 0. The van der Waals surface area contributed by atoms with Gasteiger partial charge in [0, 0.05) is 0 Å². The van der Waals surface area contributed by atoms with E-state index in [1.807, 2.05) is 10.2 Å². The first-order valence-electron chi connectivity index (χ1n) is 4.46. The monoisotopic (exact) mass is 340 g/mol. The second kappa shape index (κ2) is 4.50. The van der Waals surface area contributed by atoms with E-state index in [0.717, 1.165) is 17.8 Å². The van der Waals surface area contributed by atoms with Gasteiger partial charge in [-0.3, -0.25) is 0 Å². The average molecular weight is 338 g/mol. The number of hydrogen-bond acceptors (Lipinski definition) is 2. The zero-order valence-electron chi connectivity index (χ0n) is 8.37. The van der Waals surface area contributed by atoms with Gasteiger partial charge in [-0.25, -0.2) is 0 Å². The van der Waals surface area contributed by atoms with Crippen molar-refractivity contribution in [3.05, 3.63) is 17.7 Å². The van der Waals surface area contributed by atoms with Crippen LogP contribution in [0.2, 0.25) is 0 Å². The molecule has 0 aromatic heterocycles. The van der Waals surface area contributed by atoms with Gasteiger partial charge in [-0.15, -0.1) is 0 Å². The second-order valence-corrected chi connectivity index (χ2v) is 13.5. The Kier molecular flexibility index (Phi) is 3.51. The number of hydrogen-bond donors (Lipinski definition) is 0. The number of benzene rings is 1. The number of rotatable bonds is 2. The summed E-state index contributed by atoms with van der Waals surface area (Å²) in [4.78, 5) is 1.43. The van der Waals surface area contributed by atoms with E-state index in [1.54, 1.807) is 11.6 Å². The summed E-state index contributed by atoms with van der Waals surface area (Å²) in [5.41, 5.74) is 1.53. The SMILES string of the molecule is COc1ccc(C(C)C)c2c1S[Se][Se]2. The molecule has 1 aromatic rings. The second-order valence-electron chi connectivity index (χ2n) is 3.40. The first-order chi connectivity index (χ1) is 6.74. The van der Waals surface area contributed by atoms with Crippen LogP contribution in [0.5, 0.6) is 5.75 Å². The van der Waals surface area contributed by atoms with E-state index in [9.17, 15) is 0 Å². The molecule has 1 aliphatic rings. The molecule has 1 aliphatic heterocycles. The van der Waals surface area contributed by atoms with E-state index in [4.69, 9.17) is 4.74 Å². The Morgan fingerprint density at radius 2 is 2.14 bits per heavy atom. The normalized spacial score (nSPS) is 14.6. The van der Waals surface area contributed by atoms with Crippen LogP contribution in [0.15, 0.2) is 17.0 Å². The van der Waals surface area contributed by atoms with Gasteiger partial charge in [-0.2, -0.15) is 0 Å². The minimum absolute atomic E-state index is 0.644.